The van der Waals surface area contributed by atoms with Crippen molar-refractivity contribution in [2.24, 2.45) is 0 Å². The Bertz CT molecular complexity index is 574. The van der Waals surface area contributed by atoms with Crippen LogP contribution in [0.3, 0.4) is 0 Å². The lowest BCUT2D eigenvalue weighted by molar-refractivity contribution is -0.137. The molecule has 2 aromatic heterocycles. The molecule has 2 rings (SSSR count). The lowest BCUT2D eigenvalue weighted by atomic mass is 10.3. The van der Waals surface area contributed by atoms with Crippen molar-refractivity contribution < 1.29 is 19.1 Å². The van der Waals surface area contributed by atoms with Crippen molar-refractivity contribution in [3.63, 3.8) is 0 Å². The number of carboxylic acid groups (broad SMARTS) is 1. The molecule has 0 aliphatic carbocycles. The number of aromatic nitrogens is 2. The normalized spacial score (nSPS) is 10.4. The van der Waals surface area contributed by atoms with E-state index >= 15 is 0 Å². The third-order valence-corrected chi connectivity index (χ3v) is 2.59. The molecular formula is C12H13N3O4. The highest BCUT2D eigenvalue weighted by Crippen LogP contribution is 2.18. The molecule has 0 radical (unpaired) electrons. The molecule has 100 valence electrons. The molecule has 0 unspecified atom stereocenters. The number of H-pyrrole nitrogens is 1. The van der Waals surface area contributed by atoms with Gasteiger partial charge >= 0.3 is 5.97 Å². The number of hydrogen-bond donors (Lipinski definition) is 2. The van der Waals surface area contributed by atoms with E-state index < -0.39 is 5.97 Å². The Kier molecular flexibility index (Phi) is 3.65. The van der Waals surface area contributed by atoms with Crippen LogP contribution in [0, 0.1) is 0 Å². The quantitative estimate of drug-likeness (QED) is 0.844. The monoisotopic (exact) mass is 263 g/mol. The average Bonchev–Trinajstić information content (AvgIpc) is 3.04. The molecule has 2 aromatic rings. The van der Waals surface area contributed by atoms with E-state index in [1.807, 2.05) is 0 Å². The number of amides is 1. The maximum atomic E-state index is 12.0. The second-order valence-corrected chi connectivity index (χ2v) is 4.01. The Morgan fingerprint density at radius 3 is 2.95 bits per heavy atom. The molecule has 19 heavy (non-hydrogen) atoms. The lowest BCUT2D eigenvalue weighted by Gasteiger charge is -2.13. The number of aromatic amines is 1. The van der Waals surface area contributed by atoms with Gasteiger partial charge in [-0.15, -0.1) is 0 Å². The van der Waals surface area contributed by atoms with Gasteiger partial charge in [0.25, 0.3) is 5.91 Å². The van der Waals surface area contributed by atoms with E-state index in [9.17, 15) is 9.59 Å². The van der Waals surface area contributed by atoms with Crippen molar-refractivity contribution in [1.29, 1.82) is 0 Å². The highest BCUT2D eigenvalue weighted by Gasteiger charge is 2.17. The first-order valence-corrected chi connectivity index (χ1v) is 5.64. The summed E-state index contributed by atoms with van der Waals surface area (Å²) in [6.07, 6.45) is 1.42. The Labute approximate surface area is 108 Å². The van der Waals surface area contributed by atoms with Crippen molar-refractivity contribution in [1.82, 2.24) is 15.1 Å². The van der Waals surface area contributed by atoms with E-state index in [2.05, 4.69) is 10.2 Å². The van der Waals surface area contributed by atoms with Crippen molar-refractivity contribution in [2.45, 2.75) is 6.42 Å². The summed E-state index contributed by atoms with van der Waals surface area (Å²) in [5, 5.41) is 15.2. The van der Waals surface area contributed by atoms with Gasteiger partial charge in [-0.2, -0.15) is 5.10 Å². The first kappa shape index (κ1) is 12.9. The number of hydrogen-bond acceptors (Lipinski definition) is 4. The third kappa shape index (κ3) is 3.01. The molecule has 7 heteroatoms. The molecule has 0 aromatic carbocycles. The summed E-state index contributed by atoms with van der Waals surface area (Å²) in [5.41, 5.74) is 0.819. The first-order valence-electron chi connectivity index (χ1n) is 5.64. The van der Waals surface area contributed by atoms with Crippen LogP contribution in [0.2, 0.25) is 0 Å². The van der Waals surface area contributed by atoms with Crippen molar-refractivity contribution in [2.75, 3.05) is 13.6 Å². The predicted molar refractivity (Wildman–Crippen MR) is 65.5 cm³/mol. The van der Waals surface area contributed by atoms with Gasteiger partial charge in [0, 0.05) is 19.7 Å². The zero-order valence-electron chi connectivity index (χ0n) is 10.3. The van der Waals surface area contributed by atoms with Crippen LogP contribution in [-0.2, 0) is 4.79 Å². The summed E-state index contributed by atoms with van der Waals surface area (Å²) < 4.78 is 5.18. The maximum absolute atomic E-state index is 12.0. The first-order chi connectivity index (χ1) is 9.08. The van der Waals surface area contributed by atoms with Crippen LogP contribution in [-0.4, -0.2) is 45.7 Å². The molecule has 0 aliphatic heterocycles. The Morgan fingerprint density at radius 2 is 2.32 bits per heavy atom. The number of aliphatic carboxylic acids is 1. The standard InChI is InChI=1S/C12H13N3O4/c1-15(5-4-11(16)17)12(18)9-7-8(13-14-9)10-3-2-6-19-10/h2-3,6-7H,4-5H2,1H3,(H,13,14)(H,16,17). The van der Waals surface area contributed by atoms with Crippen LogP contribution in [0.4, 0.5) is 0 Å². The van der Waals surface area contributed by atoms with Gasteiger partial charge in [-0.3, -0.25) is 14.7 Å². The molecule has 0 atom stereocenters. The fourth-order valence-corrected chi connectivity index (χ4v) is 1.55. The van der Waals surface area contributed by atoms with Gasteiger partial charge in [-0.05, 0) is 12.1 Å². The molecule has 0 fully saturated rings. The molecule has 2 N–H and O–H groups in total. The lowest BCUT2D eigenvalue weighted by Crippen LogP contribution is -2.29. The number of furan rings is 1. The van der Waals surface area contributed by atoms with E-state index in [0.29, 0.717) is 11.5 Å². The number of rotatable bonds is 5. The zero-order valence-corrected chi connectivity index (χ0v) is 10.3. The summed E-state index contributed by atoms with van der Waals surface area (Å²) in [4.78, 5) is 23.7. The summed E-state index contributed by atoms with van der Waals surface area (Å²) in [7, 11) is 1.53. The molecule has 0 saturated heterocycles. The summed E-state index contributed by atoms with van der Waals surface area (Å²) in [6, 6.07) is 5.05. The largest absolute Gasteiger partial charge is 0.481 e. The molecule has 1 amide bonds. The molecule has 0 spiro atoms. The predicted octanol–water partition coefficient (Wildman–Crippen LogP) is 1.22. The van der Waals surface area contributed by atoms with Gasteiger partial charge in [0.15, 0.2) is 11.5 Å². The molecule has 0 saturated carbocycles. The fourth-order valence-electron chi connectivity index (χ4n) is 1.55. The summed E-state index contributed by atoms with van der Waals surface area (Å²) in [6.45, 7) is 0.136. The van der Waals surface area contributed by atoms with E-state index in [-0.39, 0.29) is 24.6 Å². The third-order valence-electron chi connectivity index (χ3n) is 2.59. The van der Waals surface area contributed by atoms with Crippen LogP contribution in [0.15, 0.2) is 28.9 Å². The van der Waals surface area contributed by atoms with Gasteiger partial charge in [0.05, 0.1) is 12.7 Å². The van der Waals surface area contributed by atoms with Crippen LogP contribution >= 0.6 is 0 Å². The van der Waals surface area contributed by atoms with Gasteiger partial charge in [0.1, 0.15) is 5.69 Å². The average molecular weight is 263 g/mol. The van der Waals surface area contributed by atoms with Crippen LogP contribution < -0.4 is 0 Å². The highest BCUT2D eigenvalue weighted by atomic mass is 16.4. The minimum absolute atomic E-state index is 0.0995. The summed E-state index contributed by atoms with van der Waals surface area (Å²) >= 11 is 0. The van der Waals surface area contributed by atoms with Crippen molar-refractivity contribution >= 4 is 11.9 Å². The van der Waals surface area contributed by atoms with Gasteiger partial charge < -0.3 is 14.4 Å². The van der Waals surface area contributed by atoms with Crippen molar-refractivity contribution in [3.8, 4) is 11.5 Å². The molecular weight excluding hydrogens is 250 g/mol. The zero-order chi connectivity index (χ0) is 13.8. The fraction of sp³-hybridized carbons (Fsp3) is 0.250. The second-order valence-electron chi connectivity index (χ2n) is 4.01. The summed E-state index contributed by atoms with van der Waals surface area (Å²) in [5.74, 6) is -0.701. The molecule has 0 bridgehead atoms. The minimum Gasteiger partial charge on any atom is -0.481 e. The topological polar surface area (TPSA) is 99.4 Å². The molecule has 0 aliphatic rings. The number of carbonyl (C=O) groups is 2. The van der Waals surface area contributed by atoms with Gasteiger partial charge in [-0.25, -0.2) is 0 Å². The Morgan fingerprint density at radius 1 is 1.53 bits per heavy atom. The number of nitrogens with zero attached hydrogens (tertiary/aromatic N) is 2. The van der Waals surface area contributed by atoms with Crippen LogP contribution in [0.5, 0.6) is 0 Å². The van der Waals surface area contributed by atoms with Crippen LogP contribution in [0.1, 0.15) is 16.9 Å². The maximum Gasteiger partial charge on any atom is 0.305 e. The Balaban J connectivity index is 2.06. The smallest absolute Gasteiger partial charge is 0.305 e. The van der Waals surface area contributed by atoms with Gasteiger partial charge in [0.2, 0.25) is 0 Å². The number of nitrogens with one attached hydrogen (secondary N) is 1. The van der Waals surface area contributed by atoms with E-state index in [1.54, 1.807) is 18.2 Å². The van der Waals surface area contributed by atoms with Crippen molar-refractivity contribution in [3.05, 3.63) is 30.2 Å². The minimum atomic E-state index is -0.946. The van der Waals surface area contributed by atoms with E-state index in [0.717, 1.165) is 0 Å². The van der Waals surface area contributed by atoms with Crippen LogP contribution in [0.25, 0.3) is 11.5 Å². The molecule has 2 heterocycles. The second kappa shape index (κ2) is 5.38. The van der Waals surface area contributed by atoms with Gasteiger partial charge in [-0.1, -0.05) is 0 Å². The van der Waals surface area contributed by atoms with E-state index in [1.165, 1.54) is 18.2 Å². The SMILES string of the molecule is CN(CCC(=O)O)C(=O)c1cc(-c2ccco2)[nH]n1. The molecule has 7 nitrogen and oxygen atoms in total. The number of carboxylic acids is 1. The number of carbonyl (C=O) groups excluding carboxylic acids is 1. The Hall–Kier alpha value is -2.57. The van der Waals surface area contributed by atoms with E-state index in [4.69, 9.17) is 9.52 Å². The highest BCUT2D eigenvalue weighted by molar-refractivity contribution is 5.93.